The Morgan fingerprint density at radius 1 is 1.52 bits per heavy atom. The molecule has 114 valence electrons. The van der Waals surface area contributed by atoms with Gasteiger partial charge in [-0.15, -0.1) is 11.3 Å². The summed E-state index contributed by atoms with van der Waals surface area (Å²) in [4.78, 5) is 7.11. The largest absolute Gasteiger partial charge is 0.467 e. The van der Waals surface area contributed by atoms with Gasteiger partial charge in [-0.25, -0.2) is 4.98 Å². The van der Waals surface area contributed by atoms with E-state index in [0.29, 0.717) is 6.04 Å². The van der Waals surface area contributed by atoms with Gasteiger partial charge in [0.15, 0.2) is 5.13 Å². The van der Waals surface area contributed by atoms with Crippen molar-refractivity contribution in [2.45, 2.75) is 32.0 Å². The van der Waals surface area contributed by atoms with Gasteiger partial charge in [0.05, 0.1) is 25.1 Å². The molecule has 0 unspecified atom stereocenters. The second-order valence-corrected chi connectivity index (χ2v) is 6.07. The van der Waals surface area contributed by atoms with Crippen molar-refractivity contribution >= 4 is 16.5 Å². The number of hydrogen-bond donors (Lipinski definition) is 1. The molecule has 6 heteroatoms. The lowest BCUT2D eigenvalue weighted by atomic mass is 10.4. The molecule has 21 heavy (non-hydrogen) atoms. The fourth-order valence-corrected chi connectivity index (χ4v) is 3.11. The van der Waals surface area contributed by atoms with Crippen LogP contribution in [0.1, 0.15) is 24.3 Å². The lowest BCUT2D eigenvalue weighted by Gasteiger charge is -2.19. The third kappa shape index (κ3) is 4.06. The number of thiazole rings is 1. The third-order valence-corrected chi connectivity index (χ3v) is 4.39. The van der Waals surface area contributed by atoms with Crippen LogP contribution >= 0.6 is 11.3 Å². The van der Waals surface area contributed by atoms with E-state index in [2.05, 4.69) is 15.6 Å². The van der Waals surface area contributed by atoms with Crippen LogP contribution in [0.5, 0.6) is 0 Å². The molecule has 0 radical (unpaired) electrons. The van der Waals surface area contributed by atoms with Crippen molar-refractivity contribution in [1.29, 1.82) is 0 Å². The first-order valence-electron chi connectivity index (χ1n) is 7.30. The first-order chi connectivity index (χ1) is 10.4. The molecular formula is C15H21N3O2S. The SMILES string of the molecule is COCCNCc1csc(N(Cc2ccco2)C2CC2)n1. The smallest absolute Gasteiger partial charge is 0.186 e. The monoisotopic (exact) mass is 307 g/mol. The second-order valence-electron chi connectivity index (χ2n) is 5.23. The zero-order chi connectivity index (χ0) is 14.5. The topological polar surface area (TPSA) is 50.5 Å². The zero-order valence-electron chi connectivity index (χ0n) is 12.2. The average Bonchev–Trinajstić information content (AvgIpc) is 3.01. The Bertz CT molecular complexity index is 537. The molecule has 0 spiro atoms. The Balaban J connectivity index is 1.59. The normalized spacial score (nSPS) is 14.5. The van der Waals surface area contributed by atoms with Crippen LogP contribution in [0, 0.1) is 0 Å². The van der Waals surface area contributed by atoms with Gasteiger partial charge in [0.2, 0.25) is 0 Å². The molecule has 1 N–H and O–H groups in total. The van der Waals surface area contributed by atoms with E-state index in [4.69, 9.17) is 14.1 Å². The van der Waals surface area contributed by atoms with Crippen LogP contribution in [0.3, 0.4) is 0 Å². The van der Waals surface area contributed by atoms with Crippen molar-refractivity contribution in [3.05, 3.63) is 35.2 Å². The molecule has 2 aromatic rings. The van der Waals surface area contributed by atoms with Gasteiger partial charge >= 0.3 is 0 Å². The van der Waals surface area contributed by atoms with Crippen LogP contribution in [0.2, 0.25) is 0 Å². The fraction of sp³-hybridized carbons (Fsp3) is 0.533. The van der Waals surface area contributed by atoms with Crippen molar-refractivity contribution in [1.82, 2.24) is 10.3 Å². The molecule has 1 fully saturated rings. The molecule has 0 bridgehead atoms. The molecule has 0 atom stereocenters. The Hall–Kier alpha value is -1.37. The number of anilines is 1. The van der Waals surface area contributed by atoms with Gasteiger partial charge in [0.1, 0.15) is 5.76 Å². The average molecular weight is 307 g/mol. The van der Waals surface area contributed by atoms with E-state index >= 15 is 0 Å². The van der Waals surface area contributed by atoms with E-state index in [1.54, 1.807) is 24.7 Å². The first-order valence-corrected chi connectivity index (χ1v) is 8.18. The Labute approximate surface area is 128 Å². The summed E-state index contributed by atoms with van der Waals surface area (Å²) in [5.74, 6) is 0.997. The number of nitrogens with zero attached hydrogens (tertiary/aromatic N) is 2. The predicted molar refractivity (Wildman–Crippen MR) is 83.6 cm³/mol. The highest BCUT2D eigenvalue weighted by molar-refractivity contribution is 7.13. The van der Waals surface area contributed by atoms with Crippen molar-refractivity contribution < 1.29 is 9.15 Å². The van der Waals surface area contributed by atoms with Crippen LogP contribution in [0.15, 0.2) is 28.2 Å². The maximum atomic E-state index is 5.47. The van der Waals surface area contributed by atoms with E-state index in [-0.39, 0.29) is 0 Å². The summed E-state index contributed by atoms with van der Waals surface area (Å²) < 4.78 is 10.5. The van der Waals surface area contributed by atoms with Gasteiger partial charge in [-0.1, -0.05) is 0 Å². The minimum Gasteiger partial charge on any atom is -0.467 e. The fourth-order valence-electron chi connectivity index (χ4n) is 2.21. The Morgan fingerprint density at radius 2 is 2.43 bits per heavy atom. The molecule has 1 aliphatic rings. The summed E-state index contributed by atoms with van der Waals surface area (Å²) in [7, 11) is 1.71. The van der Waals surface area contributed by atoms with E-state index in [0.717, 1.165) is 42.8 Å². The zero-order valence-corrected chi connectivity index (χ0v) is 13.1. The summed E-state index contributed by atoms with van der Waals surface area (Å²) in [6.07, 6.45) is 4.23. The van der Waals surface area contributed by atoms with Crippen LogP contribution in [0.25, 0.3) is 0 Å². The molecule has 2 heterocycles. The number of nitrogens with one attached hydrogen (secondary N) is 1. The molecule has 2 aromatic heterocycles. The maximum absolute atomic E-state index is 5.47. The van der Waals surface area contributed by atoms with E-state index in [1.807, 2.05) is 12.1 Å². The molecule has 3 rings (SSSR count). The van der Waals surface area contributed by atoms with Crippen LogP contribution in [-0.4, -0.2) is 31.3 Å². The molecule has 0 saturated heterocycles. The summed E-state index contributed by atoms with van der Waals surface area (Å²) in [5.41, 5.74) is 1.09. The molecule has 1 saturated carbocycles. The highest BCUT2D eigenvalue weighted by atomic mass is 32.1. The third-order valence-electron chi connectivity index (χ3n) is 3.47. The van der Waals surface area contributed by atoms with Crippen molar-refractivity contribution in [3.8, 4) is 0 Å². The second kappa shape index (κ2) is 7.06. The standard InChI is InChI=1S/C15H21N3O2S/c1-19-8-6-16-9-12-11-21-15(17-12)18(13-4-5-13)10-14-3-2-7-20-14/h2-3,7,11,13,16H,4-6,8-10H2,1H3. The number of hydrogen-bond acceptors (Lipinski definition) is 6. The molecule has 5 nitrogen and oxygen atoms in total. The van der Waals surface area contributed by atoms with Crippen molar-refractivity contribution in [2.75, 3.05) is 25.2 Å². The van der Waals surface area contributed by atoms with Crippen LogP contribution in [-0.2, 0) is 17.8 Å². The molecule has 0 aromatic carbocycles. The lowest BCUT2D eigenvalue weighted by Crippen LogP contribution is -2.25. The van der Waals surface area contributed by atoms with Gasteiger partial charge in [0, 0.05) is 31.6 Å². The lowest BCUT2D eigenvalue weighted by molar-refractivity contribution is 0.199. The van der Waals surface area contributed by atoms with Crippen LogP contribution < -0.4 is 10.2 Å². The predicted octanol–water partition coefficient (Wildman–Crippen LogP) is 2.64. The minimum absolute atomic E-state index is 0.621. The summed E-state index contributed by atoms with van der Waals surface area (Å²) >= 11 is 1.71. The first kappa shape index (κ1) is 14.6. The highest BCUT2D eigenvalue weighted by Crippen LogP contribution is 2.34. The van der Waals surface area contributed by atoms with E-state index in [9.17, 15) is 0 Å². The number of methoxy groups -OCH3 is 1. The number of rotatable bonds is 9. The van der Waals surface area contributed by atoms with Gasteiger partial charge in [-0.2, -0.15) is 0 Å². The highest BCUT2D eigenvalue weighted by Gasteiger charge is 2.31. The van der Waals surface area contributed by atoms with Gasteiger partial charge < -0.3 is 19.4 Å². The van der Waals surface area contributed by atoms with Gasteiger partial charge in [-0.05, 0) is 25.0 Å². The van der Waals surface area contributed by atoms with Crippen LogP contribution in [0.4, 0.5) is 5.13 Å². The Morgan fingerprint density at radius 3 is 3.14 bits per heavy atom. The number of aromatic nitrogens is 1. The summed E-state index contributed by atoms with van der Waals surface area (Å²) in [6.45, 7) is 3.17. The summed E-state index contributed by atoms with van der Waals surface area (Å²) in [6, 6.07) is 4.58. The Kier molecular flexibility index (Phi) is 4.90. The maximum Gasteiger partial charge on any atom is 0.186 e. The van der Waals surface area contributed by atoms with Gasteiger partial charge in [0.25, 0.3) is 0 Å². The quantitative estimate of drug-likeness (QED) is 0.722. The molecular weight excluding hydrogens is 286 g/mol. The van der Waals surface area contributed by atoms with Crippen molar-refractivity contribution in [3.63, 3.8) is 0 Å². The molecule has 1 aliphatic carbocycles. The molecule has 0 aliphatic heterocycles. The van der Waals surface area contributed by atoms with E-state index in [1.165, 1.54) is 12.8 Å². The molecule has 0 amide bonds. The van der Waals surface area contributed by atoms with Crippen molar-refractivity contribution in [2.24, 2.45) is 0 Å². The summed E-state index contributed by atoms with van der Waals surface area (Å²) in [5, 5.41) is 6.55. The minimum atomic E-state index is 0.621. The number of ether oxygens (including phenoxy) is 1. The number of furan rings is 1. The van der Waals surface area contributed by atoms with E-state index < -0.39 is 0 Å². The van der Waals surface area contributed by atoms with Gasteiger partial charge in [-0.3, -0.25) is 0 Å².